The van der Waals surface area contributed by atoms with Crippen LogP contribution in [-0.2, 0) is 0 Å². The number of aryl methyl sites for hydroxylation is 2. The highest BCUT2D eigenvalue weighted by Gasteiger charge is 2.07. The fourth-order valence-electron chi connectivity index (χ4n) is 2.32. The summed E-state index contributed by atoms with van der Waals surface area (Å²) in [6.07, 6.45) is 6.11. The minimum Gasteiger partial charge on any atom is -0.233 e. The van der Waals surface area contributed by atoms with Crippen LogP contribution in [0.5, 0.6) is 0 Å². The average molecular weight is 290 g/mol. The van der Waals surface area contributed by atoms with Crippen molar-refractivity contribution in [2.45, 2.75) is 27.7 Å². The number of rotatable bonds is 4. The zero-order chi connectivity index (χ0) is 16.1. The summed E-state index contributed by atoms with van der Waals surface area (Å²) < 4.78 is 0. The molecule has 22 heavy (non-hydrogen) atoms. The fraction of sp³-hybridized carbons (Fsp3) is 0.200. The van der Waals surface area contributed by atoms with Gasteiger partial charge >= 0.3 is 0 Å². The van der Waals surface area contributed by atoms with Gasteiger partial charge in [-0.2, -0.15) is 0 Å². The minimum absolute atomic E-state index is 0.770. The molecule has 0 fully saturated rings. The summed E-state index contributed by atoms with van der Waals surface area (Å²) >= 11 is 0. The largest absolute Gasteiger partial charge is 0.233 e. The molecular formula is C20H22N2. The van der Waals surface area contributed by atoms with Crippen molar-refractivity contribution in [3.05, 3.63) is 77.8 Å². The van der Waals surface area contributed by atoms with Gasteiger partial charge in [-0.05, 0) is 39.8 Å². The lowest BCUT2D eigenvalue weighted by atomic mass is 10.0. The van der Waals surface area contributed by atoms with Crippen LogP contribution in [0.3, 0.4) is 0 Å². The predicted molar refractivity (Wildman–Crippen MR) is 94.5 cm³/mol. The monoisotopic (exact) mass is 290 g/mol. The van der Waals surface area contributed by atoms with E-state index in [4.69, 9.17) is 0 Å². The highest BCUT2D eigenvalue weighted by Crippen LogP contribution is 2.23. The molecule has 1 aromatic carbocycles. The third-order valence-electron chi connectivity index (χ3n) is 3.20. The number of benzene rings is 1. The Labute approximate surface area is 133 Å². The van der Waals surface area contributed by atoms with Gasteiger partial charge in [0.2, 0.25) is 0 Å². The molecular weight excluding hydrogens is 268 g/mol. The number of aromatic nitrogens is 2. The van der Waals surface area contributed by atoms with E-state index in [1.165, 1.54) is 5.56 Å². The lowest BCUT2D eigenvalue weighted by molar-refractivity contribution is 1.04. The van der Waals surface area contributed by atoms with Crippen molar-refractivity contribution in [1.82, 2.24) is 9.97 Å². The highest BCUT2D eigenvalue weighted by atomic mass is 14.9. The first kappa shape index (κ1) is 15.9. The molecule has 0 aliphatic carbocycles. The second-order valence-corrected chi connectivity index (χ2v) is 5.50. The Bertz CT molecular complexity index is 752. The van der Waals surface area contributed by atoms with Gasteiger partial charge in [0.15, 0.2) is 0 Å². The number of allylic oxidation sites excluding steroid dienone is 5. The molecule has 0 atom stereocenters. The molecule has 1 heterocycles. The lowest BCUT2D eigenvalue weighted by Gasteiger charge is -2.08. The number of hydrogen-bond acceptors (Lipinski definition) is 2. The Morgan fingerprint density at radius 1 is 1.14 bits per heavy atom. The quantitative estimate of drug-likeness (QED) is 0.714. The first-order valence-electron chi connectivity index (χ1n) is 7.42. The van der Waals surface area contributed by atoms with Crippen LogP contribution in [0.4, 0.5) is 0 Å². The van der Waals surface area contributed by atoms with Crippen molar-refractivity contribution in [2.75, 3.05) is 0 Å². The maximum atomic E-state index is 4.58. The Kier molecular flexibility index (Phi) is 5.05. The Hall–Kier alpha value is -2.48. The molecule has 0 bridgehead atoms. The summed E-state index contributed by atoms with van der Waals surface area (Å²) in [4.78, 5) is 9.16. The molecule has 0 saturated carbocycles. The SMILES string of the molecule is C=C(C)/C=C(\C=C/C)c1cc(-c2cccc(C)c2)nc(C)n1. The zero-order valence-electron chi connectivity index (χ0n) is 13.7. The smallest absolute Gasteiger partial charge is 0.126 e. The molecule has 0 N–H and O–H groups in total. The zero-order valence-corrected chi connectivity index (χ0v) is 13.7. The van der Waals surface area contributed by atoms with Gasteiger partial charge in [0.1, 0.15) is 5.82 Å². The molecule has 1 aromatic heterocycles. The van der Waals surface area contributed by atoms with Gasteiger partial charge < -0.3 is 0 Å². The molecule has 112 valence electrons. The lowest BCUT2D eigenvalue weighted by Crippen LogP contribution is -1.97. The molecule has 2 rings (SSSR count). The Morgan fingerprint density at radius 2 is 1.91 bits per heavy atom. The van der Waals surface area contributed by atoms with E-state index in [0.717, 1.165) is 33.9 Å². The van der Waals surface area contributed by atoms with E-state index >= 15 is 0 Å². The molecule has 0 radical (unpaired) electrons. The molecule has 2 heteroatoms. The molecule has 0 aliphatic rings. The second kappa shape index (κ2) is 6.99. The third-order valence-corrected chi connectivity index (χ3v) is 3.20. The van der Waals surface area contributed by atoms with Crippen LogP contribution in [0.25, 0.3) is 16.8 Å². The van der Waals surface area contributed by atoms with Gasteiger partial charge in [0.05, 0.1) is 11.4 Å². The first-order chi connectivity index (χ1) is 10.5. The van der Waals surface area contributed by atoms with Crippen LogP contribution in [-0.4, -0.2) is 9.97 Å². The van der Waals surface area contributed by atoms with Crippen molar-refractivity contribution < 1.29 is 0 Å². The molecule has 0 saturated heterocycles. The van der Waals surface area contributed by atoms with Gasteiger partial charge in [-0.15, -0.1) is 0 Å². The van der Waals surface area contributed by atoms with E-state index in [-0.39, 0.29) is 0 Å². The summed E-state index contributed by atoms with van der Waals surface area (Å²) in [5, 5.41) is 0. The van der Waals surface area contributed by atoms with E-state index < -0.39 is 0 Å². The average Bonchev–Trinajstić information content (AvgIpc) is 2.46. The van der Waals surface area contributed by atoms with Crippen LogP contribution in [0, 0.1) is 13.8 Å². The van der Waals surface area contributed by atoms with Crippen molar-refractivity contribution in [1.29, 1.82) is 0 Å². The minimum atomic E-state index is 0.770. The van der Waals surface area contributed by atoms with E-state index in [1.54, 1.807) is 0 Å². The Morgan fingerprint density at radius 3 is 2.55 bits per heavy atom. The normalized spacial score (nSPS) is 11.9. The van der Waals surface area contributed by atoms with Gasteiger partial charge in [0.25, 0.3) is 0 Å². The van der Waals surface area contributed by atoms with Crippen molar-refractivity contribution >= 4 is 5.57 Å². The molecule has 0 amide bonds. The predicted octanol–water partition coefficient (Wildman–Crippen LogP) is 5.30. The summed E-state index contributed by atoms with van der Waals surface area (Å²) in [6.45, 7) is 12.0. The molecule has 2 nitrogen and oxygen atoms in total. The van der Waals surface area contributed by atoms with Gasteiger partial charge in [-0.3, -0.25) is 0 Å². The van der Waals surface area contributed by atoms with Crippen LogP contribution in [0.2, 0.25) is 0 Å². The third kappa shape index (κ3) is 4.01. The second-order valence-electron chi connectivity index (χ2n) is 5.50. The first-order valence-corrected chi connectivity index (χ1v) is 7.42. The summed E-state index contributed by atoms with van der Waals surface area (Å²) in [5.74, 6) is 0.770. The summed E-state index contributed by atoms with van der Waals surface area (Å²) in [7, 11) is 0. The topological polar surface area (TPSA) is 25.8 Å². The van der Waals surface area contributed by atoms with E-state index in [9.17, 15) is 0 Å². The van der Waals surface area contributed by atoms with Crippen molar-refractivity contribution in [3.8, 4) is 11.3 Å². The summed E-state index contributed by atoms with van der Waals surface area (Å²) in [6, 6.07) is 10.4. The van der Waals surface area contributed by atoms with Crippen molar-refractivity contribution in [2.24, 2.45) is 0 Å². The van der Waals surface area contributed by atoms with Crippen molar-refractivity contribution in [3.63, 3.8) is 0 Å². The maximum absolute atomic E-state index is 4.58. The summed E-state index contributed by atoms with van der Waals surface area (Å²) in [5.41, 5.74) is 6.26. The van der Waals surface area contributed by atoms with Gasteiger partial charge in [0, 0.05) is 11.1 Å². The van der Waals surface area contributed by atoms with Gasteiger partial charge in [-0.25, -0.2) is 9.97 Å². The Balaban J connectivity index is 2.57. The van der Waals surface area contributed by atoms with Gasteiger partial charge in [-0.1, -0.05) is 54.1 Å². The molecule has 0 aliphatic heterocycles. The number of nitrogens with zero attached hydrogens (tertiary/aromatic N) is 2. The fourth-order valence-corrected chi connectivity index (χ4v) is 2.32. The molecule has 2 aromatic rings. The van der Waals surface area contributed by atoms with Crippen LogP contribution in [0.1, 0.15) is 30.9 Å². The van der Waals surface area contributed by atoms with Crippen LogP contribution < -0.4 is 0 Å². The standard InChI is InChI=1S/C20H22N2/c1-6-8-17(11-14(2)3)19-13-20(22-16(5)21-19)18-10-7-9-15(4)12-18/h6-13H,2H2,1,3-5H3/b8-6-,17-11+. The van der Waals surface area contributed by atoms with E-state index in [1.807, 2.05) is 39.0 Å². The highest BCUT2D eigenvalue weighted by molar-refractivity contribution is 5.76. The van der Waals surface area contributed by atoms with Crippen LogP contribution in [0.15, 0.2) is 60.7 Å². The maximum Gasteiger partial charge on any atom is 0.126 e. The van der Waals surface area contributed by atoms with Crippen LogP contribution >= 0.6 is 0 Å². The molecule has 0 spiro atoms. The van der Waals surface area contributed by atoms with E-state index in [2.05, 4.69) is 53.8 Å². The molecule has 0 unspecified atom stereocenters. The number of hydrogen-bond donors (Lipinski definition) is 0. The van der Waals surface area contributed by atoms with E-state index in [0.29, 0.717) is 0 Å².